The van der Waals surface area contributed by atoms with Crippen molar-refractivity contribution in [2.75, 3.05) is 18.0 Å². The van der Waals surface area contributed by atoms with E-state index in [0.29, 0.717) is 0 Å². The molecule has 4 N–H and O–H groups in total. The second-order valence-electron chi connectivity index (χ2n) is 8.23. The number of aromatic nitrogens is 1. The second-order valence-corrected chi connectivity index (χ2v) is 9.23. The van der Waals surface area contributed by atoms with Gasteiger partial charge in [-0.2, -0.15) is 5.10 Å². The van der Waals surface area contributed by atoms with Crippen molar-refractivity contribution in [1.82, 2.24) is 4.98 Å². The average molecular weight is 411 g/mol. The Morgan fingerprint density at radius 3 is 2.52 bits per heavy atom. The molecule has 2 fully saturated rings. The summed E-state index contributed by atoms with van der Waals surface area (Å²) in [6, 6.07) is 8.87. The van der Waals surface area contributed by atoms with Gasteiger partial charge in [0.05, 0.1) is 16.3 Å². The van der Waals surface area contributed by atoms with Gasteiger partial charge in [-0.15, -0.1) is 16.4 Å². The number of hydrogen-bond donors (Lipinski definition) is 2. The lowest BCUT2D eigenvalue weighted by Gasteiger charge is -2.42. The Morgan fingerprint density at radius 1 is 1.07 bits per heavy atom. The Balaban J connectivity index is 1.49. The highest BCUT2D eigenvalue weighted by atomic mass is 32.1. The van der Waals surface area contributed by atoms with Gasteiger partial charge in [0.15, 0.2) is 0 Å². The number of nitrogens with two attached hydrogens (primary N) is 2. The van der Waals surface area contributed by atoms with Gasteiger partial charge in [-0.25, -0.2) is 4.98 Å². The van der Waals surface area contributed by atoms with E-state index in [9.17, 15) is 0 Å². The maximum atomic E-state index is 5.37. The molecular formula is C22H30N6S. The lowest BCUT2D eigenvalue weighted by molar-refractivity contribution is 0.202. The molecule has 1 aliphatic heterocycles. The monoisotopic (exact) mass is 410 g/mol. The standard InChI is InChI=1S/C22H30N6S/c1-14-20(15(2)26-27-22(23)24)29-21(25-14)17-7-9-19(10-8-17)28-12-11-16-5-3-4-6-18(16)13-28/h7-10,16,18H,3-6,11-13H2,1-2H3,(H4,23,24,27)/b26-15+. The average Bonchev–Trinajstić information content (AvgIpc) is 3.13. The molecule has 2 aliphatic rings. The maximum absolute atomic E-state index is 5.37. The van der Waals surface area contributed by atoms with Gasteiger partial charge < -0.3 is 16.4 Å². The predicted molar refractivity (Wildman–Crippen MR) is 123 cm³/mol. The van der Waals surface area contributed by atoms with Crippen LogP contribution in [0.25, 0.3) is 10.6 Å². The maximum Gasteiger partial charge on any atom is 0.211 e. The van der Waals surface area contributed by atoms with Gasteiger partial charge in [0, 0.05) is 24.3 Å². The first-order valence-electron chi connectivity index (χ1n) is 10.5. The normalized spacial score (nSPS) is 22.3. The molecule has 2 aromatic rings. The molecule has 6 nitrogen and oxygen atoms in total. The summed E-state index contributed by atoms with van der Waals surface area (Å²) in [4.78, 5) is 8.32. The molecule has 2 atom stereocenters. The molecule has 154 valence electrons. The van der Waals surface area contributed by atoms with Gasteiger partial charge in [0.1, 0.15) is 5.01 Å². The second kappa shape index (κ2) is 8.53. The predicted octanol–water partition coefficient (Wildman–Crippen LogP) is 4.13. The highest BCUT2D eigenvalue weighted by molar-refractivity contribution is 7.17. The highest BCUT2D eigenvalue weighted by Crippen LogP contribution is 2.38. The van der Waals surface area contributed by atoms with Gasteiger partial charge >= 0.3 is 0 Å². The first kappa shape index (κ1) is 19.9. The van der Waals surface area contributed by atoms with Crippen LogP contribution in [0, 0.1) is 18.8 Å². The molecular weight excluding hydrogens is 380 g/mol. The lowest BCUT2D eigenvalue weighted by atomic mass is 9.75. The number of guanidine groups is 1. The number of aryl methyl sites for hydroxylation is 1. The van der Waals surface area contributed by atoms with Crippen LogP contribution < -0.4 is 16.4 Å². The number of benzene rings is 1. The molecule has 2 heterocycles. The molecule has 0 bridgehead atoms. The fourth-order valence-corrected chi connectivity index (χ4v) is 5.70. The fourth-order valence-electron chi connectivity index (χ4n) is 4.68. The van der Waals surface area contributed by atoms with Crippen molar-refractivity contribution < 1.29 is 0 Å². The van der Waals surface area contributed by atoms with E-state index in [0.717, 1.165) is 38.7 Å². The molecule has 1 aromatic heterocycles. The third-order valence-electron chi connectivity index (χ3n) is 6.21. The molecule has 7 heteroatoms. The van der Waals surface area contributed by atoms with E-state index in [2.05, 4.69) is 39.4 Å². The van der Waals surface area contributed by atoms with Crippen LogP contribution in [0.5, 0.6) is 0 Å². The summed E-state index contributed by atoms with van der Waals surface area (Å²) in [7, 11) is 0. The lowest BCUT2D eigenvalue weighted by Crippen LogP contribution is -2.41. The van der Waals surface area contributed by atoms with Crippen molar-refractivity contribution in [3.05, 3.63) is 34.8 Å². The van der Waals surface area contributed by atoms with Crippen molar-refractivity contribution in [3.8, 4) is 10.6 Å². The molecule has 2 unspecified atom stereocenters. The number of nitrogens with zero attached hydrogens (tertiary/aromatic N) is 4. The summed E-state index contributed by atoms with van der Waals surface area (Å²) in [5.41, 5.74) is 14.9. The Labute approximate surface area is 176 Å². The first-order chi connectivity index (χ1) is 14.0. The van der Waals surface area contributed by atoms with E-state index >= 15 is 0 Å². The number of anilines is 1. The van der Waals surface area contributed by atoms with Crippen molar-refractivity contribution in [3.63, 3.8) is 0 Å². The van der Waals surface area contributed by atoms with Gasteiger partial charge in [-0.1, -0.05) is 19.3 Å². The zero-order valence-corrected chi connectivity index (χ0v) is 18.1. The van der Waals surface area contributed by atoms with E-state index < -0.39 is 0 Å². The minimum Gasteiger partial charge on any atom is -0.371 e. The molecule has 1 aromatic carbocycles. The Bertz CT molecular complexity index is 910. The summed E-state index contributed by atoms with van der Waals surface area (Å²) in [6.07, 6.45) is 7.03. The summed E-state index contributed by atoms with van der Waals surface area (Å²) in [5, 5.41) is 8.83. The van der Waals surface area contributed by atoms with Crippen LogP contribution in [0.1, 0.15) is 49.6 Å². The topological polar surface area (TPSA) is 92.9 Å². The van der Waals surface area contributed by atoms with Crippen LogP contribution in [0.2, 0.25) is 0 Å². The van der Waals surface area contributed by atoms with E-state index in [-0.39, 0.29) is 5.96 Å². The highest BCUT2D eigenvalue weighted by Gasteiger charge is 2.31. The van der Waals surface area contributed by atoms with Crippen LogP contribution in [0.4, 0.5) is 5.69 Å². The largest absolute Gasteiger partial charge is 0.371 e. The molecule has 0 amide bonds. The molecule has 1 saturated heterocycles. The summed E-state index contributed by atoms with van der Waals surface area (Å²) >= 11 is 1.62. The number of fused-ring (bicyclic) bond motifs is 1. The SMILES string of the molecule is C/C(=N\N=C(N)N)c1sc(-c2ccc(N3CCC4CCCCC4C3)cc2)nc1C. The third-order valence-corrected chi connectivity index (χ3v) is 7.53. The van der Waals surface area contributed by atoms with Crippen LogP contribution in [0.3, 0.4) is 0 Å². The van der Waals surface area contributed by atoms with Gasteiger partial charge in [0.2, 0.25) is 5.96 Å². The minimum atomic E-state index is -0.0420. The quantitative estimate of drug-likeness (QED) is 0.450. The van der Waals surface area contributed by atoms with Crippen molar-refractivity contribution in [1.29, 1.82) is 0 Å². The van der Waals surface area contributed by atoms with E-state index in [1.807, 2.05) is 13.8 Å². The minimum absolute atomic E-state index is 0.0420. The van der Waals surface area contributed by atoms with Crippen LogP contribution in [-0.4, -0.2) is 29.7 Å². The summed E-state index contributed by atoms with van der Waals surface area (Å²) < 4.78 is 0. The molecule has 29 heavy (non-hydrogen) atoms. The number of hydrogen-bond acceptors (Lipinski definition) is 5. The van der Waals surface area contributed by atoms with Crippen LogP contribution in [-0.2, 0) is 0 Å². The smallest absolute Gasteiger partial charge is 0.211 e. The van der Waals surface area contributed by atoms with Gasteiger partial charge in [-0.05, 0) is 62.8 Å². The summed E-state index contributed by atoms with van der Waals surface area (Å²) in [6.45, 7) is 6.29. The van der Waals surface area contributed by atoms with Crippen molar-refractivity contribution >= 4 is 28.7 Å². The molecule has 1 aliphatic carbocycles. The zero-order chi connectivity index (χ0) is 20.4. The Morgan fingerprint density at radius 2 is 1.79 bits per heavy atom. The first-order valence-corrected chi connectivity index (χ1v) is 11.3. The van der Waals surface area contributed by atoms with E-state index in [4.69, 9.17) is 16.5 Å². The molecule has 0 radical (unpaired) electrons. The van der Waals surface area contributed by atoms with Gasteiger partial charge in [-0.3, -0.25) is 0 Å². The Kier molecular flexibility index (Phi) is 5.85. The van der Waals surface area contributed by atoms with E-state index in [1.165, 1.54) is 50.9 Å². The molecule has 4 rings (SSSR count). The van der Waals surface area contributed by atoms with Crippen LogP contribution >= 0.6 is 11.3 Å². The number of thiazole rings is 1. The zero-order valence-electron chi connectivity index (χ0n) is 17.3. The van der Waals surface area contributed by atoms with Crippen molar-refractivity contribution in [2.24, 2.45) is 33.5 Å². The Hall–Kier alpha value is -2.41. The molecule has 1 saturated carbocycles. The number of piperidine rings is 1. The van der Waals surface area contributed by atoms with Crippen LogP contribution in [0.15, 0.2) is 34.5 Å². The van der Waals surface area contributed by atoms with Crippen molar-refractivity contribution in [2.45, 2.75) is 46.0 Å². The van der Waals surface area contributed by atoms with Gasteiger partial charge in [0.25, 0.3) is 0 Å². The fraction of sp³-hybridized carbons (Fsp3) is 0.500. The number of rotatable bonds is 4. The third kappa shape index (κ3) is 4.45. The summed E-state index contributed by atoms with van der Waals surface area (Å²) in [5.74, 6) is 1.80. The molecule has 0 spiro atoms. The van der Waals surface area contributed by atoms with E-state index in [1.54, 1.807) is 11.3 Å².